The lowest BCUT2D eigenvalue weighted by atomic mass is 10.0. The molecule has 176 valence electrons. The van der Waals surface area contributed by atoms with E-state index in [0.29, 0.717) is 44.8 Å². The van der Waals surface area contributed by atoms with E-state index >= 15 is 0 Å². The summed E-state index contributed by atoms with van der Waals surface area (Å²) in [5, 5.41) is 16.5. The predicted molar refractivity (Wildman–Crippen MR) is 134 cm³/mol. The molecule has 0 unspecified atom stereocenters. The number of aryl methyl sites for hydroxylation is 1. The summed E-state index contributed by atoms with van der Waals surface area (Å²) in [6.07, 6.45) is 5.84. The van der Waals surface area contributed by atoms with Gasteiger partial charge in [0.05, 0.1) is 17.0 Å². The largest absolute Gasteiger partial charge is 0.393 e. The Balaban J connectivity index is 1.75. The SMILES string of the molecule is CN/C=C1/C=C(n2nc3ccc(CCC(F)F)nc3c(-c3ccc4[nH]ccc4c3)c2=O)C=CC1=N. The molecule has 0 atom stereocenters. The molecule has 0 aliphatic heterocycles. The summed E-state index contributed by atoms with van der Waals surface area (Å²) >= 11 is 0. The molecule has 1 aliphatic carbocycles. The number of allylic oxidation sites excluding steroid dienone is 5. The molecule has 0 fully saturated rings. The number of pyridine rings is 1. The molecular formula is C26H22F2N6O. The number of aromatic amines is 1. The molecule has 0 saturated carbocycles. The van der Waals surface area contributed by atoms with Crippen molar-refractivity contribution in [3.8, 4) is 11.1 Å². The Morgan fingerprint density at radius 3 is 2.86 bits per heavy atom. The molecule has 3 aromatic heterocycles. The molecule has 7 nitrogen and oxygen atoms in total. The van der Waals surface area contributed by atoms with Gasteiger partial charge in [-0.25, -0.2) is 8.78 Å². The number of fused-ring (bicyclic) bond motifs is 2. The second-order valence-corrected chi connectivity index (χ2v) is 8.18. The Kier molecular flexibility index (Phi) is 5.82. The van der Waals surface area contributed by atoms with Crippen LogP contribution in [0.4, 0.5) is 8.78 Å². The number of halogens is 2. The van der Waals surface area contributed by atoms with Crippen LogP contribution in [0.3, 0.4) is 0 Å². The minimum atomic E-state index is -2.43. The van der Waals surface area contributed by atoms with E-state index in [2.05, 4.69) is 20.4 Å². The third-order valence-electron chi connectivity index (χ3n) is 5.82. The lowest BCUT2D eigenvalue weighted by Crippen LogP contribution is -2.25. The van der Waals surface area contributed by atoms with Crippen molar-refractivity contribution >= 4 is 33.3 Å². The number of hydrogen-bond donors (Lipinski definition) is 3. The highest BCUT2D eigenvalue weighted by atomic mass is 19.3. The van der Waals surface area contributed by atoms with Gasteiger partial charge in [0, 0.05) is 42.6 Å². The maximum absolute atomic E-state index is 13.8. The standard InChI is InChI=1S/C26H22F2N6O/c1-30-14-17-13-19(5-6-20(17)29)34-26(35)24(16-2-7-21-15(12-16)10-11-31-21)25-22(33-34)8-3-18(32-25)4-9-23(27)28/h2-3,5-8,10-14,23,29-31H,4,9H2,1H3/b17-14-,29-20?. The van der Waals surface area contributed by atoms with Crippen molar-refractivity contribution < 1.29 is 8.78 Å². The Bertz CT molecular complexity index is 1610. The van der Waals surface area contributed by atoms with Crippen molar-refractivity contribution in [2.45, 2.75) is 19.3 Å². The van der Waals surface area contributed by atoms with Crippen LogP contribution in [-0.2, 0) is 6.42 Å². The van der Waals surface area contributed by atoms with Gasteiger partial charge in [-0.2, -0.15) is 9.78 Å². The molecule has 0 bridgehead atoms. The minimum Gasteiger partial charge on any atom is -0.393 e. The summed E-state index contributed by atoms with van der Waals surface area (Å²) in [7, 11) is 1.74. The highest BCUT2D eigenvalue weighted by Crippen LogP contribution is 2.28. The van der Waals surface area contributed by atoms with Gasteiger partial charge in [-0.05, 0) is 65.9 Å². The smallest absolute Gasteiger partial charge is 0.281 e. The molecule has 3 heterocycles. The number of hydrogen-bond acceptors (Lipinski definition) is 5. The van der Waals surface area contributed by atoms with Gasteiger partial charge in [0.1, 0.15) is 11.0 Å². The number of nitrogens with one attached hydrogen (secondary N) is 3. The Morgan fingerprint density at radius 1 is 1.20 bits per heavy atom. The zero-order valence-electron chi connectivity index (χ0n) is 18.8. The van der Waals surface area contributed by atoms with E-state index in [9.17, 15) is 13.6 Å². The summed E-state index contributed by atoms with van der Waals surface area (Å²) < 4.78 is 26.9. The van der Waals surface area contributed by atoms with Crippen LogP contribution in [0.25, 0.3) is 38.8 Å². The maximum atomic E-state index is 13.8. The summed E-state index contributed by atoms with van der Waals surface area (Å²) in [5.74, 6) is 0. The number of rotatable bonds is 6. The zero-order chi connectivity index (χ0) is 24.5. The molecule has 0 radical (unpaired) electrons. The summed E-state index contributed by atoms with van der Waals surface area (Å²) in [6.45, 7) is 0. The van der Waals surface area contributed by atoms with Gasteiger partial charge in [0.25, 0.3) is 5.56 Å². The number of aromatic nitrogens is 4. The van der Waals surface area contributed by atoms with Crippen molar-refractivity contribution in [1.82, 2.24) is 25.1 Å². The van der Waals surface area contributed by atoms with Crippen LogP contribution in [0, 0.1) is 5.41 Å². The number of alkyl halides is 2. The normalized spacial score (nSPS) is 14.9. The van der Waals surface area contributed by atoms with Gasteiger partial charge in [0.2, 0.25) is 6.43 Å². The molecule has 4 aromatic rings. The van der Waals surface area contributed by atoms with Crippen molar-refractivity contribution in [3.63, 3.8) is 0 Å². The molecule has 0 saturated heterocycles. The lowest BCUT2D eigenvalue weighted by Gasteiger charge is -2.15. The van der Waals surface area contributed by atoms with Gasteiger partial charge in [-0.3, -0.25) is 9.78 Å². The van der Waals surface area contributed by atoms with Gasteiger partial charge in [0.15, 0.2) is 0 Å². The first-order valence-corrected chi connectivity index (χ1v) is 11.1. The molecule has 0 spiro atoms. The van der Waals surface area contributed by atoms with E-state index in [1.807, 2.05) is 30.5 Å². The molecule has 35 heavy (non-hydrogen) atoms. The fraction of sp³-hybridized carbons (Fsp3) is 0.154. The molecule has 1 aromatic carbocycles. The molecule has 3 N–H and O–H groups in total. The van der Waals surface area contributed by atoms with E-state index in [1.165, 1.54) is 4.68 Å². The molecule has 5 rings (SSSR count). The third kappa shape index (κ3) is 4.28. The van der Waals surface area contributed by atoms with Crippen molar-refractivity contribution in [2.24, 2.45) is 0 Å². The van der Waals surface area contributed by atoms with E-state index < -0.39 is 6.43 Å². The van der Waals surface area contributed by atoms with E-state index in [4.69, 9.17) is 5.41 Å². The maximum Gasteiger partial charge on any atom is 0.281 e. The number of benzene rings is 1. The Hall–Kier alpha value is -4.40. The average Bonchev–Trinajstić information content (AvgIpc) is 3.32. The Morgan fingerprint density at radius 2 is 2.06 bits per heavy atom. The van der Waals surface area contributed by atoms with Crippen molar-refractivity contribution in [1.29, 1.82) is 5.41 Å². The molecule has 1 aliphatic rings. The van der Waals surface area contributed by atoms with Crippen LogP contribution in [0.15, 0.2) is 77.4 Å². The van der Waals surface area contributed by atoms with Gasteiger partial charge in [-0.1, -0.05) is 6.07 Å². The first-order valence-electron chi connectivity index (χ1n) is 11.1. The quantitative estimate of drug-likeness (QED) is 0.380. The monoisotopic (exact) mass is 472 g/mol. The summed E-state index contributed by atoms with van der Waals surface area (Å²) in [6, 6.07) is 10.9. The summed E-state index contributed by atoms with van der Waals surface area (Å²) in [5.41, 5.74) is 4.25. The lowest BCUT2D eigenvalue weighted by molar-refractivity contribution is 0.138. The second-order valence-electron chi connectivity index (χ2n) is 8.18. The fourth-order valence-electron chi connectivity index (χ4n) is 4.11. The second kappa shape index (κ2) is 9.09. The van der Waals surface area contributed by atoms with Crippen LogP contribution in [0.2, 0.25) is 0 Å². The average molecular weight is 472 g/mol. The highest BCUT2D eigenvalue weighted by Gasteiger charge is 2.19. The van der Waals surface area contributed by atoms with Crippen LogP contribution in [0.5, 0.6) is 0 Å². The van der Waals surface area contributed by atoms with Crippen LogP contribution < -0.4 is 10.9 Å². The van der Waals surface area contributed by atoms with E-state index in [1.54, 1.807) is 43.6 Å². The van der Waals surface area contributed by atoms with Gasteiger partial charge >= 0.3 is 0 Å². The highest BCUT2D eigenvalue weighted by molar-refractivity contribution is 6.12. The van der Waals surface area contributed by atoms with E-state index in [-0.39, 0.29) is 18.4 Å². The first-order chi connectivity index (χ1) is 16.9. The van der Waals surface area contributed by atoms with E-state index in [0.717, 1.165) is 10.9 Å². The fourth-order valence-corrected chi connectivity index (χ4v) is 4.11. The number of nitrogens with zero attached hydrogens (tertiary/aromatic N) is 3. The Labute approximate surface area is 199 Å². The predicted octanol–water partition coefficient (Wildman–Crippen LogP) is 4.67. The first kappa shape index (κ1) is 22.4. The van der Waals surface area contributed by atoms with Crippen molar-refractivity contribution in [3.05, 3.63) is 88.6 Å². The van der Waals surface area contributed by atoms with Gasteiger partial charge in [-0.15, -0.1) is 0 Å². The summed E-state index contributed by atoms with van der Waals surface area (Å²) in [4.78, 5) is 21.6. The molecule has 0 amide bonds. The minimum absolute atomic E-state index is 0.0984. The van der Waals surface area contributed by atoms with Crippen LogP contribution >= 0.6 is 0 Å². The topological polar surface area (TPSA) is 99.4 Å². The van der Waals surface area contributed by atoms with Crippen LogP contribution in [0.1, 0.15) is 12.1 Å². The van der Waals surface area contributed by atoms with Gasteiger partial charge < -0.3 is 15.7 Å². The van der Waals surface area contributed by atoms with Crippen LogP contribution in [-0.4, -0.2) is 38.9 Å². The third-order valence-corrected chi connectivity index (χ3v) is 5.82. The molecular weight excluding hydrogens is 450 g/mol. The number of H-pyrrole nitrogens is 1. The zero-order valence-corrected chi connectivity index (χ0v) is 18.8. The van der Waals surface area contributed by atoms with Crippen molar-refractivity contribution in [2.75, 3.05) is 7.05 Å². The molecule has 9 heteroatoms.